The lowest BCUT2D eigenvalue weighted by atomic mass is 10.2. The van der Waals surface area contributed by atoms with Crippen LogP contribution in [0, 0.1) is 0 Å². The second-order valence-electron chi connectivity index (χ2n) is 4.65. The van der Waals surface area contributed by atoms with Crippen molar-refractivity contribution in [2.45, 2.75) is 26.2 Å². The molecule has 2 amide bonds. The maximum Gasteiger partial charge on any atom is 0.229 e. The Kier molecular flexibility index (Phi) is 5.51. The minimum atomic E-state index is -0.0883. The van der Waals surface area contributed by atoms with Gasteiger partial charge in [0.25, 0.3) is 0 Å². The van der Waals surface area contributed by atoms with E-state index in [-0.39, 0.29) is 11.8 Å². The number of para-hydroxylation sites is 2. The van der Waals surface area contributed by atoms with Crippen molar-refractivity contribution in [3.63, 3.8) is 0 Å². The second-order valence-corrected chi connectivity index (χ2v) is 5.68. The molecule has 1 aromatic carbocycles. The molecule has 0 saturated carbocycles. The number of nitrogens with one attached hydrogen (secondary N) is 2. The van der Waals surface area contributed by atoms with Gasteiger partial charge in [0, 0.05) is 11.3 Å². The zero-order valence-corrected chi connectivity index (χ0v) is 12.7. The lowest BCUT2D eigenvalue weighted by molar-refractivity contribution is -0.116. The van der Waals surface area contributed by atoms with E-state index in [0.717, 1.165) is 11.3 Å². The molecule has 2 rings (SSSR count). The molecule has 0 unspecified atom stereocenters. The largest absolute Gasteiger partial charge is 0.324 e. The fraction of sp³-hybridized carbons (Fsp3) is 0.250. The molecule has 21 heavy (non-hydrogen) atoms. The number of carbonyl (C=O) groups is 2. The minimum Gasteiger partial charge on any atom is -0.324 e. The Bertz CT molecular complexity index is 608. The van der Waals surface area contributed by atoms with Crippen LogP contribution >= 0.6 is 11.3 Å². The summed E-state index contributed by atoms with van der Waals surface area (Å²) in [5.41, 5.74) is 1.26. The van der Waals surface area contributed by atoms with E-state index in [4.69, 9.17) is 0 Å². The fourth-order valence-electron chi connectivity index (χ4n) is 1.91. The molecule has 0 aliphatic rings. The van der Waals surface area contributed by atoms with E-state index in [1.807, 2.05) is 36.6 Å². The summed E-state index contributed by atoms with van der Waals surface area (Å²) in [4.78, 5) is 24.7. The Labute approximate surface area is 128 Å². The summed E-state index contributed by atoms with van der Waals surface area (Å²) in [5, 5.41) is 7.62. The predicted octanol–water partition coefficient (Wildman–Crippen LogP) is 3.67. The van der Waals surface area contributed by atoms with E-state index in [1.165, 1.54) is 0 Å². The van der Waals surface area contributed by atoms with Gasteiger partial charge in [-0.2, -0.15) is 0 Å². The van der Waals surface area contributed by atoms with Crippen molar-refractivity contribution >= 4 is 34.5 Å². The highest BCUT2D eigenvalue weighted by atomic mass is 32.1. The molecule has 0 saturated heterocycles. The number of anilines is 2. The highest BCUT2D eigenvalue weighted by molar-refractivity contribution is 7.10. The third kappa shape index (κ3) is 4.72. The third-order valence-electron chi connectivity index (χ3n) is 2.87. The number of hydrogen-bond acceptors (Lipinski definition) is 3. The first-order valence-corrected chi connectivity index (χ1v) is 7.78. The summed E-state index contributed by atoms with van der Waals surface area (Å²) in [7, 11) is 0. The molecule has 0 aliphatic carbocycles. The van der Waals surface area contributed by atoms with Crippen LogP contribution in [-0.2, 0) is 16.0 Å². The lowest BCUT2D eigenvalue weighted by Gasteiger charge is -2.11. The van der Waals surface area contributed by atoms with Crippen LogP contribution in [0.25, 0.3) is 0 Å². The van der Waals surface area contributed by atoms with Gasteiger partial charge in [-0.25, -0.2) is 0 Å². The van der Waals surface area contributed by atoms with E-state index in [0.29, 0.717) is 24.2 Å². The van der Waals surface area contributed by atoms with Crippen LogP contribution < -0.4 is 10.6 Å². The second kappa shape index (κ2) is 7.59. The fourth-order valence-corrected chi connectivity index (χ4v) is 2.61. The predicted molar refractivity (Wildman–Crippen MR) is 86.6 cm³/mol. The molecular formula is C16H18N2O2S. The van der Waals surface area contributed by atoms with Crippen molar-refractivity contribution in [3.05, 3.63) is 46.7 Å². The van der Waals surface area contributed by atoms with Gasteiger partial charge < -0.3 is 10.6 Å². The molecule has 0 aliphatic heterocycles. The molecule has 1 aromatic heterocycles. The van der Waals surface area contributed by atoms with Crippen LogP contribution in [0.4, 0.5) is 11.4 Å². The zero-order valence-electron chi connectivity index (χ0n) is 11.9. The summed E-state index contributed by atoms with van der Waals surface area (Å²) >= 11 is 1.55. The van der Waals surface area contributed by atoms with E-state index in [2.05, 4.69) is 10.6 Å². The van der Waals surface area contributed by atoms with Crippen LogP contribution in [0.3, 0.4) is 0 Å². The highest BCUT2D eigenvalue weighted by Gasteiger charge is 2.09. The van der Waals surface area contributed by atoms with E-state index < -0.39 is 0 Å². The van der Waals surface area contributed by atoms with Gasteiger partial charge in [-0.1, -0.05) is 25.1 Å². The van der Waals surface area contributed by atoms with Crippen molar-refractivity contribution in [2.24, 2.45) is 0 Å². The highest BCUT2D eigenvalue weighted by Crippen LogP contribution is 2.22. The smallest absolute Gasteiger partial charge is 0.229 e. The van der Waals surface area contributed by atoms with E-state index >= 15 is 0 Å². The maximum atomic E-state index is 12.0. The molecule has 2 aromatic rings. The van der Waals surface area contributed by atoms with Crippen LogP contribution in [0.15, 0.2) is 41.8 Å². The standard InChI is InChI=1S/C16H18N2O2S/c1-2-6-15(19)17-13-8-3-4-9-14(13)18-16(20)11-12-7-5-10-21-12/h3-5,7-10H,2,6,11H2,1H3,(H,17,19)(H,18,20). The Morgan fingerprint density at radius 2 is 1.67 bits per heavy atom. The van der Waals surface area contributed by atoms with Gasteiger partial charge in [-0.05, 0) is 30.0 Å². The molecular weight excluding hydrogens is 284 g/mol. The van der Waals surface area contributed by atoms with Crippen molar-refractivity contribution in [1.29, 1.82) is 0 Å². The average Bonchev–Trinajstić information content (AvgIpc) is 2.94. The lowest BCUT2D eigenvalue weighted by Crippen LogP contribution is -2.17. The third-order valence-corrected chi connectivity index (χ3v) is 3.74. The minimum absolute atomic E-state index is 0.0440. The summed E-state index contributed by atoms with van der Waals surface area (Å²) in [6.07, 6.45) is 1.60. The first kappa shape index (κ1) is 15.3. The van der Waals surface area contributed by atoms with E-state index in [9.17, 15) is 9.59 Å². The summed E-state index contributed by atoms with van der Waals surface area (Å²) in [6, 6.07) is 11.1. The molecule has 4 nitrogen and oxygen atoms in total. The number of thiophene rings is 1. The van der Waals surface area contributed by atoms with Gasteiger partial charge >= 0.3 is 0 Å². The van der Waals surface area contributed by atoms with Crippen LogP contribution in [0.1, 0.15) is 24.6 Å². The molecule has 5 heteroatoms. The molecule has 0 radical (unpaired) electrons. The maximum absolute atomic E-state index is 12.0. The van der Waals surface area contributed by atoms with Gasteiger partial charge in [-0.15, -0.1) is 11.3 Å². The zero-order chi connectivity index (χ0) is 15.1. The van der Waals surface area contributed by atoms with E-state index in [1.54, 1.807) is 23.5 Å². The quantitative estimate of drug-likeness (QED) is 0.855. The molecule has 0 bridgehead atoms. The summed E-state index contributed by atoms with van der Waals surface area (Å²) < 4.78 is 0. The average molecular weight is 302 g/mol. The first-order chi connectivity index (χ1) is 10.2. The summed E-state index contributed by atoms with van der Waals surface area (Å²) in [5.74, 6) is -0.132. The van der Waals surface area contributed by atoms with Crippen LogP contribution in [0.2, 0.25) is 0 Å². The molecule has 110 valence electrons. The topological polar surface area (TPSA) is 58.2 Å². The van der Waals surface area contributed by atoms with Crippen molar-refractivity contribution < 1.29 is 9.59 Å². The van der Waals surface area contributed by atoms with Crippen LogP contribution in [0.5, 0.6) is 0 Å². The normalized spacial score (nSPS) is 10.1. The SMILES string of the molecule is CCCC(=O)Nc1ccccc1NC(=O)Cc1cccs1. The van der Waals surface area contributed by atoms with Gasteiger partial charge in [0.1, 0.15) is 0 Å². The van der Waals surface area contributed by atoms with Gasteiger partial charge in [0.05, 0.1) is 17.8 Å². The monoisotopic (exact) mass is 302 g/mol. The van der Waals surface area contributed by atoms with Crippen molar-refractivity contribution in [2.75, 3.05) is 10.6 Å². The summed E-state index contributed by atoms with van der Waals surface area (Å²) in [6.45, 7) is 1.95. The number of hydrogen-bond donors (Lipinski definition) is 2. The molecule has 1 heterocycles. The molecule has 0 atom stereocenters. The Hall–Kier alpha value is -2.14. The van der Waals surface area contributed by atoms with Gasteiger partial charge in [-0.3, -0.25) is 9.59 Å². The van der Waals surface area contributed by atoms with Gasteiger partial charge in [0.15, 0.2) is 0 Å². The molecule has 2 N–H and O–H groups in total. The number of amides is 2. The Morgan fingerprint density at radius 1 is 1.00 bits per heavy atom. The number of benzene rings is 1. The van der Waals surface area contributed by atoms with Crippen molar-refractivity contribution in [3.8, 4) is 0 Å². The Balaban J connectivity index is 2.02. The van der Waals surface area contributed by atoms with Gasteiger partial charge in [0.2, 0.25) is 11.8 Å². The molecule has 0 spiro atoms. The Morgan fingerprint density at radius 3 is 2.24 bits per heavy atom. The number of carbonyl (C=O) groups excluding carboxylic acids is 2. The number of rotatable bonds is 6. The molecule has 0 fully saturated rings. The van der Waals surface area contributed by atoms with Crippen molar-refractivity contribution in [1.82, 2.24) is 0 Å². The van der Waals surface area contributed by atoms with Crippen LogP contribution in [-0.4, -0.2) is 11.8 Å². The first-order valence-electron chi connectivity index (χ1n) is 6.90.